The summed E-state index contributed by atoms with van der Waals surface area (Å²) in [6.07, 6.45) is -1.75. The molecule has 8 bridgehead atoms. The lowest BCUT2D eigenvalue weighted by atomic mass is 9.90. The van der Waals surface area contributed by atoms with Crippen molar-refractivity contribution < 1.29 is 70.0 Å². The van der Waals surface area contributed by atoms with Gasteiger partial charge in [-0.2, -0.15) is 15.2 Å². The average molecular weight is 1240 g/mol. The molecular formula is C58H120N14O14. The Morgan fingerprint density at radius 3 is 1.20 bits per heavy atom. The van der Waals surface area contributed by atoms with E-state index < -0.39 is 104 Å². The molecule has 506 valence electrons. The molecule has 1 unspecified atom stereocenters. The topological polar surface area (TPSA) is 366 Å². The average Bonchev–Trinajstić information content (AvgIpc) is 1.89. The van der Waals surface area contributed by atoms with Gasteiger partial charge in [-0.3, -0.25) is 61.1 Å². The fourth-order valence-corrected chi connectivity index (χ4v) is 12.2. The van der Waals surface area contributed by atoms with Crippen molar-refractivity contribution >= 4 is 6.09 Å². The van der Waals surface area contributed by atoms with E-state index >= 15 is 0 Å². The number of piperidine rings is 3. The molecule has 16 atom stereocenters. The first-order valence-electron chi connectivity index (χ1n) is 32.9. The summed E-state index contributed by atoms with van der Waals surface area (Å²) in [7, 11) is 0. The van der Waals surface area contributed by atoms with E-state index in [0.29, 0.717) is 176 Å². The molecule has 0 radical (unpaired) electrons. The van der Waals surface area contributed by atoms with E-state index in [1.165, 1.54) is 15.2 Å². The first-order chi connectivity index (χ1) is 41.3. The number of rotatable bonds is 19. The molecule has 28 heteroatoms. The van der Waals surface area contributed by atoms with Gasteiger partial charge in [0.05, 0.1) is 37.9 Å². The van der Waals surface area contributed by atoms with Crippen LogP contribution in [0.25, 0.3) is 0 Å². The second-order valence-corrected chi connectivity index (χ2v) is 25.4. The van der Waals surface area contributed by atoms with Gasteiger partial charge < -0.3 is 61.7 Å². The zero-order valence-corrected chi connectivity index (χ0v) is 53.1. The summed E-state index contributed by atoms with van der Waals surface area (Å²) >= 11 is 0. The molecule has 13 heterocycles. The molecule has 0 saturated carbocycles. The largest absolute Gasteiger partial charge is 0.444 e. The number of unbranched alkanes of at least 4 members (excludes halogenated alkanes) is 4. The predicted octanol–water partition coefficient (Wildman–Crippen LogP) is -2.22. The number of carbonyl (C=O) groups excluding carboxylic acids is 1. The summed E-state index contributed by atoms with van der Waals surface area (Å²) in [5, 5.41) is 134. The molecule has 28 nitrogen and oxygen atoms in total. The third kappa shape index (κ3) is 25.4. The van der Waals surface area contributed by atoms with Crippen molar-refractivity contribution in [1.82, 2.24) is 67.1 Å². The Morgan fingerprint density at radius 2 is 0.837 bits per heavy atom. The minimum atomic E-state index is -1.25. The van der Waals surface area contributed by atoms with E-state index in [1.54, 1.807) is 0 Å². The number of ether oxygens (including phenoxy) is 1. The first kappa shape index (κ1) is 75.0. The Morgan fingerprint density at radius 1 is 0.488 bits per heavy atom. The molecule has 0 aromatic heterocycles. The van der Waals surface area contributed by atoms with Crippen molar-refractivity contribution in [3.05, 3.63) is 0 Å². The molecule has 13 rings (SSSR count). The first-order valence-corrected chi connectivity index (χ1v) is 32.9. The van der Waals surface area contributed by atoms with E-state index in [4.69, 9.17) is 25.0 Å². The van der Waals surface area contributed by atoms with Crippen LogP contribution in [0.5, 0.6) is 0 Å². The second-order valence-electron chi connectivity index (χ2n) is 25.4. The van der Waals surface area contributed by atoms with Crippen molar-refractivity contribution in [3.8, 4) is 0 Å². The Labute approximate surface area is 513 Å². The van der Waals surface area contributed by atoms with E-state index in [1.807, 2.05) is 41.5 Å². The smallest absolute Gasteiger partial charge is 0.407 e. The quantitative estimate of drug-likeness (QED) is 0.0609. The SMILES string of the molecule is CCCCON1[C@H](O)[C@H]2CC[C@@H]1[C@@H](O)NCCN1CCN[C@H](O)[C@H]3CC[C@H]([C@@H](O)N3OCCCC)[C@@H](O)NCCN(CCN[C@@H]2O)CCN(CC(N)CCCCNC(=O)OC(C)(C)C)CCN[C@H](O)[C@@H]2CC[C@H]([C@@H](O)NCC1)N(OCCCC)[C@@H]2O. The monoisotopic (exact) mass is 1240 g/mol. The van der Waals surface area contributed by atoms with Gasteiger partial charge in [-0.25, -0.2) is 4.79 Å². The van der Waals surface area contributed by atoms with Crippen molar-refractivity contribution in [2.24, 2.45) is 23.5 Å². The van der Waals surface area contributed by atoms with Crippen LogP contribution in [-0.2, 0) is 19.2 Å². The van der Waals surface area contributed by atoms with Gasteiger partial charge >= 0.3 is 6.09 Å². The highest BCUT2D eigenvalue weighted by Crippen LogP contribution is 2.33. The summed E-state index contributed by atoms with van der Waals surface area (Å²) in [6, 6.07) is -2.19. The number of alkyl carbamates (subject to hydrolysis) is 1. The van der Waals surface area contributed by atoms with Crippen LogP contribution in [0.4, 0.5) is 4.79 Å². The number of hydrogen-bond donors (Lipinski definition) is 17. The number of nitrogens with zero attached hydrogens (tertiary/aromatic N) is 6. The zero-order valence-electron chi connectivity index (χ0n) is 53.1. The van der Waals surface area contributed by atoms with Crippen LogP contribution in [0.1, 0.15) is 138 Å². The molecule has 13 aliphatic rings. The minimum absolute atomic E-state index is 0.248. The van der Waals surface area contributed by atoms with Gasteiger partial charge in [0, 0.05) is 129 Å². The molecule has 18 N–H and O–H groups in total. The molecule has 13 fully saturated rings. The fourth-order valence-electron chi connectivity index (χ4n) is 12.2. The zero-order chi connectivity index (χ0) is 62.6. The van der Waals surface area contributed by atoms with Crippen LogP contribution in [0.2, 0.25) is 0 Å². The number of nitrogens with one attached hydrogen (secondary N) is 7. The molecule has 0 spiro atoms. The maximum atomic E-state index is 12.3. The Balaban J connectivity index is 1.48. The second kappa shape index (κ2) is 40.3. The summed E-state index contributed by atoms with van der Waals surface area (Å²) in [4.78, 5) is 37.5. The number of aliphatic hydroxyl groups is 9. The Hall–Kier alpha value is -1.73. The third-order valence-electron chi connectivity index (χ3n) is 17.4. The Kier molecular flexibility index (Phi) is 35.1. The summed E-state index contributed by atoms with van der Waals surface area (Å²) in [5.74, 6) is -1.97. The van der Waals surface area contributed by atoms with Crippen LogP contribution in [0.3, 0.4) is 0 Å². The molecule has 0 aromatic carbocycles. The van der Waals surface area contributed by atoms with Crippen LogP contribution >= 0.6 is 0 Å². The minimum Gasteiger partial charge on any atom is -0.444 e. The number of carbonyl (C=O) groups is 1. The molecule has 13 aliphatic heterocycles. The lowest BCUT2D eigenvalue weighted by molar-refractivity contribution is -0.312. The van der Waals surface area contributed by atoms with E-state index in [2.05, 4.69) is 51.9 Å². The summed E-state index contributed by atoms with van der Waals surface area (Å²) in [5.41, 5.74) is 6.27. The maximum absolute atomic E-state index is 12.3. The number of hydrogen-bond acceptors (Lipinski definition) is 27. The van der Waals surface area contributed by atoms with E-state index in [9.17, 15) is 50.8 Å². The lowest BCUT2D eigenvalue weighted by Crippen LogP contribution is -2.62. The third-order valence-corrected chi connectivity index (χ3v) is 17.4. The molecule has 86 heavy (non-hydrogen) atoms. The standard InChI is InChI=1S/C58H120N14O14/c1-7-10-37-83-70-45-19-16-42(54(70)79)48(73)60-23-32-68-33-24-61-49(74)43-17-20-46(71(55(43)80)84-38-11-8-2)52(77)64-26-30-67(29-25-63-51(45)76)31-27-65-53(78)47-21-18-44(56(81)72(47)85-39-12-9-3)50(75)62-28-34-69(36-35-68)40-41(59)15-13-14-22-66-57(82)86-58(4,5)6/h41-56,60-65,73-81H,7-40,59H2,1-6H3,(H,66,82)/t41?,42-,43-,44-,45+,46+,47+,48+,49+,50+,51+,52+,53+,54+,55+,56+/m0/s1. The van der Waals surface area contributed by atoms with E-state index in [0.717, 1.165) is 44.9 Å². The Bertz CT molecular complexity index is 1740. The van der Waals surface area contributed by atoms with Gasteiger partial charge in [0.25, 0.3) is 0 Å². The lowest BCUT2D eigenvalue weighted by Gasteiger charge is -2.46. The highest BCUT2D eigenvalue weighted by atomic mass is 16.7. The van der Waals surface area contributed by atoms with Gasteiger partial charge in [0.15, 0.2) is 0 Å². The number of hydroxylamine groups is 6. The van der Waals surface area contributed by atoms with Gasteiger partial charge in [0.1, 0.15) is 61.7 Å². The van der Waals surface area contributed by atoms with Crippen molar-refractivity contribution in [2.45, 2.75) is 224 Å². The van der Waals surface area contributed by atoms with Gasteiger partial charge in [-0.05, 0) is 91.4 Å². The maximum Gasteiger partial charge on any atom is 0.407 e. The molecule has 0 aliphatic carbocycles. The molecule has 0 aromatic rings. The van der Waals surface area contributed by atoms with Crippen LogP contribution < -0.4 is 43.0 Å². The van der Waals surface area contributed by atoms with E-state index in [-0.39, 0.29) is 6.04 Å². The number of nitrogens with two attached hydrogens (primary N) is 1. The summed E-state index contributed by atoms with van der Waals surface area (Å²) < 4.78 is 5.40. The summed E-state index contributed by atoms with van der Waals surface area (Å²) in [6.45, 7) is 19.0. The highest BCUT2D eigenvalue weighted by Gasteiger charge is 2.46. The predicted molar refractivity (Wildman–Crippen MR) is 325 cm³/mol. The van der Waals surface area contributed by atoms with Crippen molar-refractivity contribution in [2.75, 3.05) is 125 Å². The van der Waals surface area contributed by atoms with Crippen LogP contribution in [0, 0.1) is 17.8 Å². The van der Waals surface area contributed by atoms with Gasteiger partial charge in [-0.15, -0.1) is 0 Å². The molecule has 1 amide bonds. The van der Waals surface area contributed by atoms with Crippen LogP contribution in [0.15, 0.2) is 0 Å². The molecular weight excluding hydrogens is 1120 g/mol. The van der Waals surface area contributed by atoms with Gasteiger partial charge in [-0.1, -0.05) is 46.5 Å². The highest BCUT2D eigenvalue weighted by molar-refractivity contribution is 5.67. The van der Waals surface area contributed by atoms with Crippen molar-refractivity contribution in [1.29, 1.82) is 0 Å². The fraction of sp³-hybridized carbons (Fsp3) is 0.983. The van der Waals surface area contributed by atoms with Crippen molar-refractivity contribution in [3.63, 3.8) is 0 Å². The number of aliphatic hydroxyl groups excluding tert-OH is 9. The number of amides is 1. The normalized spacial score (nSPS) is 35.7. The molecule has 13 saturated heterocycles. The van der Waals surface area contributed by atoms with Crippen LogP contribution in [-0.4, -0.2) is 292 Å². The van der Waals surface area contributed by atoms with Gasteiger partial charge in [0.2, 0.25) is 0 Å².